The van der Waals surface area contributed by atoms with Crippen LogP contribution in [-0.4, -0.2) is 13.0 Å². The molecule has 0 heterocycles. The Balaban J connectivity index is 0.00000338. The molecule has 0 unspecified atom stereocenters. The van der Waals surface area contributed by atoms with Crippen molar-refractivity contribution < 1.29 is 22.7 Å². The molecule has 4 nitrogen and oxygen atoms in total. The van der Waals surface area contributed by atoms with E-state index in [4.69, 9.17) is 10.5 Å². The molecule has 8 heteroatoms. The van der Waals surface area contributed by atoms with E-state index in [0.29, 0.717) is 17.7 Å². The smallest absolute Gasteiger partial charge is 0.416 e. The fourth-order valence-electron chi connectivity index (χ4n) is 2.36. The van der Waals surface area contributed by atoms with Gasteiger partial charge in [0.25, 0.3) is 0 Å². The normalized spacial score (nSPS) is 10.8. The zero-order chi connectivity index (χ0) is 18.4. The van der Waals surface area contributed by atoms with Gasteiger partial charge in [0.2, 0.25) is 5.91 Å². The molecule has 26 heavy (non-hydrogen) atoms. The number of aryl methyl sites for hydroxylation is 1. The molecule has 0 aliphatic heterocycles. The van der Waals surface area contributed by atoms with Crippen LogP contribution in [0.3, 0.4) is 0 Å². The molecule has 2 aromatic carbocycles. The minimum atomic E-state index is -4.49. The molecule has 0 aliphatic carbocycles. The summed E-state index contributed by atoms with van der Waals surface area (Å²) in [6.45, 7) is -0.0450. The van der Waals surface area contributed by atoms with Gasteiger partial charge < -0.3 is 15.8 Å². The molecule has 0 saturated carbocycles. The second-order valence-electron chi connectivity index (χ2n) is 5.52. The molecule has 0 radical (unpaired) electrons. The molecular weight excluding hydrogens is 369 g/mol. The Kier molecular flexibility index (Phi) is 7.92. The molecular formula is C18H20ClF3N2O2. The number of benzene rings is 2. The van der Waals surface area contributed by atoms with Crippen molar-refractivity contribution in [3.63, 3.8) is 0 Å². The lowest BCUT2D eigenvalue weighted by atomic mass is 10.1. The quantitative estimate of drug-likeness (QED) is 0.780. The molecule has 1 amide bonds. The van der Waals surface area contributed by atoms with Gasteiger partial charge in [-0.2, -0.15) is 13.2 Å². The SMILES string of the molecule is COc1cccc(CCC(=O)Nc2cc(CN)cc(C(F)(F)F)c2)c1.Cl. The number of halogens is 4. The first-order valence-corrected chi connectivity index (χ1v) is 7.66. The molecule has 0 atom stereocenters. The standard InChI is InChI=1S/C18H19F3N2O2.ClH/c1-25-16-4-2-3-12(9-16)5-6-17(24)23-15-8-13(11-22)7-14(10-15)18(19,20)21;/h2-4,7-10H,5-6,11,22H2,1H3,(H,23,24);1H. The summed E-state index contributed by atoms with van der Waals surface area (Å²) in [5, 5.41) is 2.50. The highest BCUT2D eigenvalue weighted by atomic mass is 35.5. The summed E-state index contributed by atoms with van der Waals surface area (Å²) < 4.78 is 43.8. The van der Waals surface area contributed by atoms with E-state index in [2.05, 4.69) is 5.32 Å². The van der Waals surface area contributed by atoms with Gasteiger partial charge in [0, 0.05) is 18.7 Å². The van der Waals surface area contributed by atoms with E-state index in [1.165, 1.54) is 6.07 Å². The Bertz CT molecular complexity index is 751. The van der Waals surface area contributed by atoms with Gasteiger partial charge in [-0.1, -0.05) is 12.1 Å². The van der Waals surface area contributed by atoms with Crippen LogP contribution in [0.25, 0.3) is 0 Å². The van der Waals surface area contributed by atoms with Crippen LogP contribution >= 0.6 is 12.4 Å². The summed E-state index contributed by atoms with van der Waals surface area (Å²) in [5.74, 6) is 0.313. The minimum absolute atomic E-state index is 0. The van der Waals surface area contributed by atoms with E-state index in [0.717, 1.165) is 17.7 Å². The summed E-state index contributed by atoms with van der Waals surface area (Å²) in [6, 6.07) is 10.6. The lowest BCUT2D eigenvalue weighted by molar-refractivity contribution is -0.137. The second-order valence-corrected chi connectivity index (χ2v) is 5.52. The van der Waals surface area contributed by atoms with E-state index < -0.39 is 11.7 Å². The Morgan fingerprint density at radius 1 is 1.15 bits per heavy atom. The Morgan fingerprint density at radius 2 is 1.88 bits per heavy atom. The van der Waals surface area contributed by atoms with Crippen LogP contribution in [0.5, 0.6) is 5.75 Å². The van der Waals surface area contributed by atoms with E-state index in [-0.39, 0.29) is 37.0 Å². The van der Waals surface area contributed by atoms with Crippen molar-refractivity contribution in [2.45, 2.75) is 25.6 Å². The van der Waals surface area contributed by atoms with Crippen molar-refractivity contribution in [2.75, 3.05) is 12.4 Å². The van der Waals surface area contributed by atoms with Gasteiger partial charge in [-0.3, -0.25) is 4.79 Å². The van der Waals surface area contributed by atoms with E-state index in [9.17, 15) is 18.0 Å². The Morgan fingerprint density at radius 3 is 2.50 bits per heavy atom. The maximum atomic E-state index is 12.9. The number of methoxy groups -OCH3 is 1. The van der Waals surface area contributed by atoms with Crippen molar-refractivity contribution in [3.05, 3.63) is 59.2 Å². The number of carbonyl (C=O) groups is 1. The van der Waals surface area contributed by atoms with Crippen molar-refractivity contribution in [3.8, 4) is 5.75 Å². The monoisotopic (exact) mass is 388 g/mol. The van der Waals surface area contributed by atoms with Crippen molar-refractivity contribution in [2.24, 2.45) is 5.73 Å². The number of alkyl halides is 3. The number of anilines is 1. The van der Waals surface area contributed by atoms with Gasteiger partial charge in [0.1, 0.15) is 5.75 Å². The average Bonchev–Trinajstić information content (AvgIpc) is 2.59. The zero-order valence-corrected chi connectivity index (χ0v) is 14.9. The predicted molar refractivity (Wildman–Crippen MR) is 96.5 cm³/mol. The second kappa shape index (κ2) is 9.45. The van der Waals surface area contributed by atoms with Gasteiger partial charge in [-0.25, -0.2) is 0 Å². The first-order valence-electron chi connectivity index (χ1n) is 7.66. The van der Waals surface area contributed by atoms with Crippen LogP contribution in [0, 0.1) is 0 Å². The lowest BCUT2D eigenvalue weighted by Gasteiger charge is -2.12. The minimum Gasteiger partial charge on any atom is -0.497 e. The summed E-state index contributed by atoms with van der Waals surface area (Å²) >= 11 is 0. The van der Waals surface area contributed by atoms with E-state index >= 15 is 0 Å². The molecule has 2 aromatic rings. The Hall–Kier alpha value is -2.25. The van der Waals surface area contributed by atoms with Crippen molar-refractivity contribution in [1.29, 1.82) is 0 Å². The number of nitrogens with two attached hydrogens (primary N) is 1. The molecule has 0 saturated heterocycles. The molecule has 0 aromatic heterocycles. The number of carbonyl (C=O) groups excluding carboxylic acids is 1. The molecule has 142 valence electrons. The van der Waals surface area contributed by atoms with Gasteiger partial charge in [0.15, 0.2) is 0 Å². The van der Waals surface area contributed by atoms with Gasteiger partial charge >= 0.3 is 6.18 Å². The summed E-state index contributed by atoms with van der Waals surface area (Å²) in [7, 11) is 1.55. The highest BCUT2D eigenvalue weighted by Gasteiger charge is 2.31. The van der Waals surface area contributed by atoms with E-state index in [1.54, 1.807) is 13.2 Å². The van der Waals surface area contributed by atoms with Crippen LogP contribution in [0.2, 0.25) is 0 Å². The number of hydrogen-bond donors (Lipinski definition) is 2. The summed E-state index contributed by atoms with van der Waals surface area (Å²) in [4.78, 5) is 12.0. The highest BCUT2D eigenvalue weighted by Crippen LogP contribution is 2.32. The Labute approximate surface area is 155 Å². The van der Waals surface area contributed by atoms with Crippen molar-refractivity contribution >= 4 is 24.0 Å². The van der Waals surface area contributed by atoms with Crippen LogP contribution < -0.4 is 15.8 Å². The topological polar surface area (TPSA) is 64.3 Å². The number of ether oxygens (including phenoxy) is 1. The van der Waals surface area contributed by atoms with Gasteiger partial charge in [0.05, 0.1) is 12.7 Å². The fraction of sp³-hybridized carbons (Fsp3) is 0.278. The number of rotatable bonds is 6. The summed E-state index contributed by atoms with van der Waals surface area (Å²) in [6.07, 6.45) is -3.90. The van der Waals surface area contributed by atoms with E-state index in [1.807, 2.05) is 18.2 Å². The highest BCUT2D eigenvalue weighted by molar-refractivity contribution is 5.91. The number of amides is 1. The largest absolute Gasteiger partial charge is 0.497 e. The van der Waals surface area contributed by atoms with Crippen LogP contribution in [-0.2, 0) is 23.9 Å². The number of nitrogens with one attached hydrogen (secondary N) is 1. The molecule has 3 N–H and O–H groups in total. The average molecular weight is 389 g/mol. The van der Waals surface area contributed by atoms with Crippen LogP contribution in [0.1, 0.15) is 23.1 Å². The third-order valence-corrected chi connectivity index (χ3v) is 3.61. The number of hydrogen-bond acceptors (Lipinski definition) is 3. The van der Waals surface area contributed by atoms with Crippen LogP contribution in [0.15, 0.2) is 42.5 Å². The molecule has 0 aliphatic rings. The third-order valence-electron chi connectivity index (χ3n) is 3.61. The van der Waals surface area contributed by atoms with Gasteiger partial charge in [-0.15, -0.1) is 12.4 Å². The maximum absolute atomic E-state index is 12.9. The molecule has 0 spiro atoms. The molecule has 2 rings (SSSR count). The first kappa shape index (κ1) is 21.8. The third kappa shape index (κ3) is 6.24. The summed E-state index contributed by atoms with van der Waals surface area (Å²) in [5.41, 5.74) is 5.89. The zero-order valence-electron chi connectivity index (χ0n) is 14.1. The fourth-order valence-corrected chi connectivity index (χ4v) is 2.36. The van der Waals surface area contributed by atoms with Crippen LogP contribution in [0.4, 0.5) is 18.9 Å². The first-order chi connectivity index (χ1) is 11.8. The maximum Gasteiger partial charge on any atom is 0.416 e. The molecule has 0 bridgehead atoms. The predicted octanol–water partition coefficient (Wildman–Crippen LogP) is 4.17. The molecule has 0 fully saturated rings. The lowest BCUT2D eigenvalue weighted by Crippen LogP contribution is -2.14. The van der Waals surface area contributed by atoms with Crippen molar-refractivity contribution in [1.82, 2.24) is 0 Å². The van der Waals surface area contributed by atoms with Gasteiger partial charge in [-0.05, 0) is 47.9 Å².